The number of fused-ring (bicyclic) bond motifs is 1. The Hall–Kier alpha value is -1.66. The smallest absolute Gasteiger partial charge is 0.170 e. The highest BCUT2D eigenvalue weighted by Gasteiger charge is 2.36. The lowest BCUT2D eigenvalue weighted by molar-refractivity contribution is -0.0588. The summed E-state index contributed by atoms with van der Waals surface area (Å²) in [6.07, 6.45) is 3.73. The number of halogens is 1. The van der Waals surface area contributed by atoms with E-state index in [4.69, 9.17) is 15.7 Å². The number of hydrogen-bond donors (Lipinski definition) is 2. The Morgan fingerprint density at radius 1 is 1.48 bits per heavy atom. The van der Waals surface area contributed by atoms with Gasteiger partial charge < -0.3 is 15.7 Å². The average Bonchev–Trinajstić information content (AvgIpc) is 2.97. The summed E-state index contributed by atoms with van der Waals surface area (Å²) in [6, 6.07) is 4.86. The summed E-state index contributed by atoms with van der Waals surface area (Å²) in [5.74, 6) is -0.443. The molecule has 21 heavy (non-hydrogen) atoms. The number of benzene rings is 1. The first-order chi connectivity index (χ1) is 10.2. The van der Waals surface area contributed by atoms with Crippen LogP contribution in [-0.2, 0) is 11.3 Å². The third-order valence-electron chi connectivity index (χ3n) is 4.43. The number of nitrogens with zero attached hydrogens (tertiary/aromatic N) is 2. The molecule has 1 saturated carbocycles. The molecule has 2 atom stereocenters. The molecule has 1 aromatic carbocycles. The zero-order valence-corrected chi connectivity index (χ0v) is 11.8. The van der Waals surface area contributed by atoms with Gasteiger partial charge in [-0.25, -0.2) is 4.39 Å². The normalized spacial score (nSPS) is 26.8. The molecule has 0 amide bonds. The van der Waals surface area contributed by atoms with Crippen LogP contribution in [0.1, 0.15) is 30.4 Å². The zero-order valence-electron chi connectivity index (χ0n) is 11.8. The van der Waals surface area contributed by atoms with Crippen molar-refractivity contribution in [3.8, 4) is 0 Å². The minimum atomic E-state index is -0.388. The van der Waals surface area contributed by atoms with Crippen LogP contribution in [0.4, 0.5) is 4.39 Å². The van der Waals surface area contributed by atoms with Crippen molar-refractivity contribution >= 4 is 5.84 Å². The minimum absolute atomic E-state index is 0.0549. The highest BCUT2D eigenvalue weighted by atomic mass is 19.1. The Labute approximate surface area is 123 Å². The van der Waals surface area contributed by atoms with Gasteiger partial charge in [0.25, 0.3) is 0 Å². The van der Waals surface area contributed by atoms with E-state index in [2.05, 4.69) is 10.1 Å². The molecule has 1 saturated heterocycles. The average molecular weight is 293 g/mol. The van der Waals surface area contributed by atoms with Crippen LogP contribution in [0.25, 0.3) is 0 Å². The molecule has 2 aliphatic rings. The number of ether oxygens (including phenoxy) is 1. The number of nitrogens with two attached hydrogens (primary N) is 1. The number of morpholine rings is 1. The quantitative estimate of drug-likeness (QED) is 0.385. The van der Waals surface area contributed by atoms with E-state index < -0.39 is 0 Å². The van der Waals surface area contributed by atoms with Crippen molar-refractivity contribution in [2.24, 2.45) is 10.9 Å². The Bertz CT molecular complexity index is 550. The second kappa shape index (κ2) is 5.99. The second-order valence-corrected chi connectivity index (χ2v) is 5.66. The maximum Gasteiger partial charge on any atom is 0.170 e. The first-order valence-corrected chi connectivity index (χ1v) is 7.31. The fourth-order valence-corrected chi connectivity index (χ4v) is 3.40. The van der Waals surface area contributed by atoms with Crippen LogP contribution in [0.15, 0.2) is 23.4 Å². The first kappa shape index (κ1) is 14.3. The summed E-state index contributed by atoms with van der Waals surface area (Å²) in [7, 11) is 0. The van der Waals surface area contributed by atoms with Crippen molar-refractivity contribution in [2.75, 3.05) is 13.2 Å². The van der Waals surface area contributed by atoms with Crippen molar-refractivity contribution in [1.29, 1.82) is 0 Å². The van der Waals surface area contributed by atoms with Gasteiger partial charge in [-0.3, -0.25) is 4.90 Å². The van der Waals surface area contributed by atoms with Gasteiger partial charge in [-0.15, -0.1) is 0 Å². The number of hydrogen-bond acceptors (Lipinski definition) is 4. The summed E-state index contributed by atoms with van der Waals surface area (Å²) in [6.45, 7) is 2.24. The summed E-state index contributed by atoms with van der Waals surface area (Å²) >= 11 is 0. The highest BCUT2D eigenvalue weighted by Crippen LogP contribution is 2.31. The van der Waals surface area contributed by atoms with Crippen LogP contribution < -0.4 is 5.73 Å². The molecule has 114 valence electrons. The van der Waals surface area contributed by atoms with Crippen molar-refractivity contribution in [3.63, 3.8) is 0 Å². The maximum atomic E-state index is 13.4. The topological polar surface area (TPSA) is 71.1 Å². The standard InChI is InChI=1S/C15H20FN3O2/c16-11-5-4-10(12(8-11)15(17)18-20)9-19-6-7-21-14-3-1-2-13(14)19/h4-5,8,13-14,20H,1-3,6-7,9H2,(H2,17,18). The fourth-order valence-electron chi connectivity index (χ4n) is 3.40. The molecule has 1 aromatic rings. The molecular weight excluding hydrogens is 273 g/mol. The van der Waals surface area contributed by atoms with Gasteiger partial charge >= 0.3 is 0 Å². The zero-order chi connectivity index (χ0) is 14.8. The summed E-state index contributed by atoms with van der Waals surface area (Å²) < 4.78 is 19.2. The van der Waals surface area contributed by atoms with Crippen LogP contribution in [0.3, 0.4) is 0 Å². The molecule has 2 unspecified atom stereocenters. The van der Waals surface area contributed by atoms with Crippen molar-refractivity contribution < 1.29 is 14.3 Å². The molecule has 5 nitrogen and oxygen atoms in total. The van der Waals surface area contributed by atoms with Gasteiger partial charge in [0.05, 0.1) is 12.7 Å². The lowest BCUT2D eigenvalue weighted by Gasteiger charge is -2.38. The lowest BCUT2D eigenvalue weighted by atomic mass is 10.0. The molecule has 6 heteroatoms. The number of rotatable bonds is 3. The van der Waals surface area contributed by atoms with Crippen LogP contribution >= 0.6 is 0 Å². The summed E-state index contributed by atoms with van der Waals surface area (Å²) in [4.78, 5) is 2.36. The van der Waals surface area contributed by atoms with Gasteiger partial charge in [-0.2, -0.15) is 0 Å². The van der Waals surface area contributed by atoms with Gasteiger partial charge in [0.2, 0.25) is 0 Å². The molecular formula is C15H20FN3O2. The van der Waals surface area contributed by atoms with E-state index in [-0.39, 0.29) is 11.7 Å². The van der Waals surface area contributed by atoms with Gasteiger partial charge in [0, 0.05) is 24.7 Å². The fraction of sp³-hybridized carbons (Fsp3) is 0.533. The summed E-state index contributed by atoms with van der Waals surface area (Å²) in [5.41, 5.74) is 7.00. The SMILES string of the molecule is NC(=NO)c1cc(F)ccc1CN1CCOC2CCCC21. The molecule has 2 fully saturated rings. The van der Waals surface area contributed by atoms with Gasteiger partial charge in [-0.05, 0) is 37.0 Å². The lowest BCUT2D eigenvalue weighted by Crippen LogP contribution is -2.48. The van der Waals surface area contributed by atoms with Gasteiger partial charge in [-0.1, -0.05) is 11.2 Å². The van der Waals surface area contributed by atoms with Crippen LogP contribution in [0.2, 0.25) is 0 Å². The van der Waals surface area contributed by atoms with E-state index in [9.17, 15) is 4.39 Å². The minimum Gasteiger partial charge on any atom is -0.409 e. The molecule has 1 aliphatic carbocycles. The number of oxime groups is 1. The van der Waals surface area contributed by atoms with E-state index in [1.54, 1.807) is 6.07 Å². The highest BCUT2D eigenvalue weighted by molar-refractivity contribution is 5.98. The van der Waals surface area contributed by atoms with Gasteiger partial charge in [0.15, 0.2) is 5.84 Å². The molecule has 3 N–H and O–H groups in total. The largest absolute Gasteiger partial charge is 0.409 e. The van der Waals surface area contributed by atoms with E-state index in [1.807, 2.05) is 0 Å². The first-order valence-electron chi connectivity index (χ1n) is 7.31. The number of amidine groups is 1. The van der Waals surface area contributed by atoms with E-state index in [0.29, 0.717) is 24.3 Å². The van der Waals surface area contributed by atoms with E-state index in [0.717, 1.165) is 31.6 Å². The van der Waals surface area contributed by atoms with Crippen LogP contribution in [0, 0.1) is 5.82 Å². The Kier molecular flexibility index (Phi) is 4.07. The van der Waals surface area contributed by atoms with E-state index >= 15 is 0 Å². The molecule has 0 bridgehead atoms. The second-order valence-electron chi connectivity index (χ2n) is 5.66. The third-order valence-corrected chi connectivity index (χ3v) is 4.43. The molecule has 0 spiro atoms. The Morgan fingerprint density at radius 3 is 3.14 bits per heavy atom. The Balaban J connectivity index is 1.84. The van der Waals surface area contributed by atoms with Crippen molar-refractivity contribution in [2.45, 2.75) is 38.0 Å². The molecule has 1 aliphatic heterocycles. The molecule has 0 aromatic heterocycles. The summed E-state index contributed by atoms with van der Waals surface area (Å²) in [5, 5.41) is 11.9. The monoisotopic (exact) mass is 293 g/mol. The molecule has 1 heterocycles. The van der Waals surface area contributed by atoms with Crippen molar-refractivity contribution in [3.05, 3.63) is 35.1 Å². The van der Waals surface area contributed by atoms with Gasteiger partial charge in [0.1, 0.15) is 5.82 Å². The third kappa shape index (κ3) is 2.87. The molecule has 0 radical (unpaired) electrons. The predicted octanol–water partition coefficient (Wildman–Crippen LogP) is 1.67. The Morgan fingerprint density at radius 2 is 2.33 bits per heavy atom. The maximum absolute atomic E-state index is 13.4. The van der Waals surface area contributed by atoms with E-state index in [1.165, 1.54) is 18.6 Å². The molecule has 3 rings (SSSR count). The van der Waals surface area contributed by atoms with Crippen LogP contribution in [-0.4, -0.2) is 41.2 Å². The van der Waals surface area contributed by atoms with Crippen molar-refractivity contribution in [1.82, 2.24) is 4.90 Å². The predicted molar refractivity (Wildman–Crippen MR) is 76.7 cm³/mol. The van der Waals surface area contributed by atoms with Crippen LogP contribution in [0.5, 0.6) is 0 Å².